The average molecular weight is 380 g/mol. The SMILES string of the molecule is Cc1ccc(CC(C)C(=O)N2CCC(Cc3ccccc3C(=O)O)CC2)cc1. The van der Waals surface area contributed by atoms with Crippen LogP contribution >= 0.6 is 0 Å². The van der Waals surface area contributed by atoms with E-state index in [2.05, 4.69) is 31.2 Å². The first-order valence-electron chi connectivity index (χ1n) is 10.1. The average Bonchev–Trinajstić information content (AvgIpc) is 2.70. The number of nitrogens with zero attached hydrogens (tertiary/aromatic N) is 1. The van der Waals surface area contributed by atoms with E-state index in [4.69, 9.17) is 0 Å². The molecule has 3 rings (SSSR count). The molecule has 1 saturated heterocycles. The molecular formula is C24H29NO3. The summed E-state index contributed by atoms with van der Waals surface area (Å²) in [6, 6.07) is 15.6. The van der Waals surface area contributed by atoms with Crippen LogP contribution in [-0.4, -0.2) is 35.0 Å². The minimum atomic E-state index is -0.867. The Morgan fingerprint density at radius 2 is 1.71 bits per heavy atom. The van der Waals surface area contributed by atoms with E-state index in [0.29, 0.717) is 11.5 Å². The molecule has 1 atom stereocenters. The van der Waals surface area contributed by atoms with Crippen molar-refractivity contribution < 1.29 is 14.7 Å². The number of piperidine rings is 1. The highest BCUT2D eigenvalue weighted by Crippen LogP contribution is 2.25. The predicted molar refractivity (Wildman–Crippen MR) is 110 cm³/mol. The summed E-state index contributed by atoms with van der Waals surface area (Å²) in [7, 11) is 0. The van der Waals surface area contributed by atoms with Crippen LogP contribution in [0.2, 0.25) is 0 Å². The Hall–Kier alpha value is -2.62. The van der Waals surface area contributed by atoms with E-state index in [1.807, 2.05) is 24.0 Å². The molecule has 148 valence electrons. The number of rotatable bonds is 6. The van der Waals surface area contributed by atoms with E-state index in [-0.39, 0.29) is 11.8 Å². The second-order valence-corrected chi connectivity index (χ2v) is 8.03. The van der Waals surface area contributed by atoms with Gasteiger partial charge in [-0.2, -0.15) is 0 Å². The zero-order valence-electron chi connectivity index (χ0n) is 16.7. The molecule has 2 aromatic carbocycles. The van der Waals surface area contributed by atoms with Gasteiger partial charge in [-0.15, -0.1) is 0 Å². The van der Waals surface area contributed by atoms with E-state index >= 15 is 0 Å². The molecule has 4 heteroatoms. The lowest BCUT2D eigenvalue weighted by Gasteiger charge is -2.34. The first kappa shape index (κ1) is 20.1. The summed E-state index contributed by atoms with van der Waals surface area (Å²) < 4.78 is 0. The zero-order chi connectivity index (χ0) is 20.1. The molecule has 1 amide bonds. The van der Waals surface area contributed by atoms with Crippen LogP contribution in [0.5, 0.6) is 0 Å². The second-order valence-electron chi connectivity index (χ2n) is 8.03. The smallest absolute Gasteiger partial charge is 0.335 e. The summed E-state index contributed by atoms with van der Waals surface area (Å²) in [5.74, 6) is -0.234. The monoisotopic (exact) mass is 379 g/mol. The van der Waals surface area contributed by atoms with Gasteiger partial charge >= 0.3 is 5.97 Å². The number of carboxylic acids is 1. The number of carboxylic acid groups (broad SMARTS) is 1. The molecule has 0 bridgehead atoms. The summed E-state index contributed by atoms with van der Waals surface area (Å²) >= 11 is 0. The van der Waals surface area contributed by atoms with E-state index in [1.54, 1.807) is 12.1 Å². The largest absolute Gasteiger partial charge is 0.478 e. The highest BCUT2D eigenvalue weighted by molar-refractivity contribution is 5.89. The standard InChI is InChI=1S/C24H29NO3/c1-17-7-9-19(10-8-17)15-18(2)23(26)25-13-11-20(12-14-25)16-21-5-3-4-6-22(21)24(27)28/h3-10,18,20H,11-16H2,1-2H3,(H,27,28). The normalized spacial score (nSPS) is 16.0. The van der Waals surface area contributed by atoms with E-state index < -0.39 is 5.97 Å². The van der Waals surface area contributed by atoms with Crippen LogP contribution in [0.4, 0.5) is 0 Å². The Balaban J connectivity index is 1.52. The van der Waals surface area contributed by atoms with Gasteiger partial charge in [-0.05, 0) is 55.7 Å². The number of carbonyl (C=O) groups excluding carboxylic acids is 1. The van der Waals surface area contributed by atoms with Gasteiger partial charge < -0.3 is 10.0 Å². The topological polar surface area (TPSA) is 57.6 Å². The molecule has 0 saturated carbocycles. The fraction of sp³-hybridized carbons (Fsp3) is 0.417. The Morgan fingerprint density at radius 1 is 1.07 bits per heavy atom. The third-order valence-electron chi connectivity index (χ3n) is 5.77. The van der Waals surface area contributed by atoms with Crippen LogP contribution in [0.1, 0.15) is 46.8 Å². The Bertz CT molecular complexity index is 820. The van der Waals surface area contributed by atoms with Gasteiger partial charge in [-0.1, -0.05) is 55.0 Å². The summed E-state index contributed by atoms with van der Waals surface area (Å²) in [5, 5.41) is 9.35. The quantitative estimate of drug-likeness (QED) is 0.812. The maximum atomic E-state index is 12.8. The van der Waals surface area contributed by atoms with Gasteiger partial charge in [0.2, 0.25) is 5.91 Å². The van der Waals surface area contributed by atoms with Crippen molar-refractivity contribution in [1.82, 2.24) is 4.90 Å². The number of likely N-dealkylation sites (tertiary alicyclic amines) is 1. The van der Waals surface area contributed by atoms with Crippen LogP contribution < -0.4 is 0 Å². The highest BCUT2D eigenvalue weighted by Gasteiger charge is 2.26. The van der Waals surface area contributed by atoms with Gasteiger partial charge in [-0.3, -0.25) is 4.79 Å². The summed E-state index contributed by atoms with van der Waals surface area (Å²) in [6.07, 6.45) is 3.39. The molecule has 0 aromatic heterocycles. The van der Waals surface area contributed by atoms with Crippen LogP contribution in [-0.2, 0) is 17.6 Å². The van der Waals surface area contributed by atoms with Crippen LogP contribution in [0, 0.1) is 18.8 Å². The van der Waals surface area contributed by atoms with Gasteiger partial charge in [0.1, 0.15) is 0 Å². The number of carbonyl (C=O) groups is 2. The third-order valence-corrected chi connectivity index (χ3v) is 5.77. The first-order valence-corrected chi connectivity index (χ1v) is 10.1. The number of benzene rings is 2. The molecule has 1 fully saturated rings. The molecule has 28 heavy (non-hydrogen) atoms. The van der Waals surface area contributed by atoms with Crippen LogP contribution in [0.25, 0.3) is 0 Å². The van der Waals surface area contributed by atoms with Crippen LogP contribution in [0.15, 0.2) is 48.5 Å². The van der Waals surface area contributed by atoms with Gasteiger partial charge in [-0.25, -0.2) is 4.79 Å². The molecule has 1 aliphatic rings. The number of hydrogen-bond acceptors (Lipinski definition) is 2. The van der Waals surface area contributed by atoms with Gasteiger partial charge in [0, 0.05) is 19.0 Å². The minimum Gasteiger partial charge on any atom is -0.478 e. The Kier molecular flexibility index (Phi) is 6.50. The number of hydrogen-bond donors (Lipinski definition) is 1. The van der Waals surface area contributed by atoms with Gasteiger partial charge in [0.25, 0.3) is 0 Å². The molecule has 1 heterocycles. The molecule has 0 spiro atoms. The van der Waals surface area contributed by atoms with Crippen molar-refractivity contribution in [2.24, 2.45) is 11.8 Å². The maximum Gasteiger partial charge on any atom is 0.335 e. The highest BCUT2D eigenvalue weighted by atomic mass is 16.4. The summed E-state index contributed by atoms with van der Waals surface area (Å²) in [4.78, 5) is 26.2. The fourth-order valence-electron chi connectivity index (χ4n) is 4.05. The lowest BCUT2D eigenvalue weighted by molar-refractivity contribution is -0.136. The number of aryl methyl sites for hydroxylation is 1. The molecule has 0 aliphatic carbocycles. The predicted octanol–water partition coefficient (Wildman–Crippen LogP) is 4.35. The molecule has 4 nitrogen and oxygen atoms in total. The van der Waals surface area contributed by atoms with Crippen molar-refractivity contribution in [2.45, 2.75) is 39.5 Å². The molecule has 0 radical (unpaired) electrons. The number of amides is 1. The summed E-state index contributed by atoms with van der Waals surface area (Å²) in [5.41, 5.74) is 3.72. The first-order chi connectivity index (χ1) is 13.4. The zero-order valence-corrected chi connectivity index (χ0v) is 16.7. The molecule has 2 aromatic rings. The molecule has 1 N–H and O–H groups in total. The van der Waals surface area contributed by atoms with Crippen molar-refractivity contribution in [1.29, 1.82) is 0 Å². The van der Waals surface area contributed by atoms with Crippen molar-refractivity contribution in [3.05, 3.63) is 70.8 Å². The van der Waals surface area contributed by atoms with Crippen LogP contribution in [0.3, 0.4) is 0 Å². The fourth-order valence-corrected chi connectivity index (χ4v) is 4.05. The Morgan fingerprint density at radius 3 is 2.36 bits per heavy atom. The van der Waals surface area contributed by atoms with E-state index in [9.17, 15) is 14.7 Å². The van der Waals surface area contributed by atoms with Crippen molar-refractivity contribution >= 4 is 11.9 Å². The third kappa shape index (κ3) is 5.00. The second kappa shape index (κ2) is 9.05. The molecule has 1 aliphatic heterocycles. The lowest BCUT2D eigenvalue weighted by Crippen LogP contribution is -2.42. The van der Waals surface area contributed by atoms with Gasteiger partial charge in [0.05, 0.1) is 5.56 Å². The molecular weight excluding hydrogens is 350 g/mol. The number of aromatic carboxylic acids is 1. The van der Waals surface area contributed by atoms with E-state index in [1.165, 1.54) is 11.1 Å². The van der Waals surface area contributed by atoms with Crippen molar-refractivity contribution in [3.63, 3.8) is 0 Å². The maximum absolute atomic E-state index is 12.8. The lowest BCUT2D eigenvalue weighted by atomic mass is 9.87. The summed E-state index contributed by atoms with van der Waals surface area (Å²) in [6.45, 7) is 5.60. The van der Waals surface area contributed by atoms with Crippen molar-refractivity contribution in [3.8, 4) is 0 Å². The Labute approximate surface area is 167 Å². The van der Waals surface area contributed by atoms with Gasteiger partial charge in [0.15, 0.2) is 0 Å². The minimum absolute atomic E-state index is 0.0213. The van der Waals surface area contributed by atoms with E-state index in [0.717, 1.165) is 44.3 Å². The van der Waals surface area contributed by atoms with Crippen molar-refractivity contribution in [2.75, 3.05) is 13.1 Å². The molecule has 1 unspecified atom stereocenters.